The number of hydrogen-bond acceptors (Lipinski definition) is 2. The Morgan fingerprint density at radius 3 is 2.36 bits per heavy atom. The Hall–Kier alpha value is -0.940. The maximum absolute atomic E-state index is 12.6. The van der Waals surface area contributed by atoms with Crippen molar-refractivity contribution in [3.8, 4) is 0 Å². The van der Waals surface area contributed by atoms with Crippen molar-refractivity contribution >= 4 is 44.9 Å². The van der Waals surface area contributed by atoms with Crippen molar-refractivity contribution in [1.82, 2.24) is 5.32 Å². The van der Waals surface area contributed by atoms with E-state index in [0.717, 1.165) is 33.5 Å². The van der Waals surface area contributed by atoms with E-state index >= 15 is 0 Å². The number of amides is 1. The highest BCUT2D eigenvalue weighted by Crippen LogP contribution is 2.61. The van der Waals surface area contributed by atoms with Gasteiger partial charge in [0.05, 0.1) is 0 Å². The first-order chi connectivity index (χ1) is 11.9. The van der Waals surface area contributed by atoms with Crippen LogP contribution in [0.15, 0.2) is 22.7 Å². The number of nitrogens with one attached hydrogen (secondary N) is 2. The van der Waals surface area contributed by atoms with Gasteiger partial charge in [-0.25, -0.2) is 0 Å². The van der Waals surface area contributed by atoms with Crippen LogP contribution >= 0.6 is 28.1 Å². The Bertz CT molecular complexity index is 682. The average molecular weight is 421 g/mol. The highest BCUT2D eigenvalue weighted by atomic mass is 79.9. The van der Waals surface area contributed by atoms with Gasteiger partial charge in [-0.3, -0.25) is 4.79 Å². The Morgan fingerprint density at radius 2 is 1.80 bits per heavy atom. The largest absolute Gasteiger partial charge is 0.332 e. The van der Waals surface area contributed by atoms with Crippen molar-refractivity contribution in [3.05, 3.63) is 28.2 Å². The number of thiocarbonyl (C=S) groups is 1. The third-order valence-electron chi connectivity index (χ3n) is 6.37. The fraction of sp³-hybridized carbons (Fsp3) is 0.600. The van der Waals surface area contributed by atoms with Crippen molar-refractivity contribution < 1.29 is 4.79 Å². The van der Waals surface area contributed by atoms with E-state index in [1.165, 1.54) is 38.5 Å². The van der Waals surface area contributed by atoms with Gasteiger partial charge in [0, 0.05) is 16.6 Å². The molecule has 4 fully saturated rings. The zero-order valence-electron chi connectivity index (χ0n) is 14.6. The summed E-state index contributed by atoms with van der Waals surface area (Å²) in [4.78, 5) is 12.6. The van der Waals surface area contributed by atoms with Crippen LogP contribution in [0.2, 0.25) is 0 Å². The minimum Gasteiger partial charge on any atom is -0.332 e. The first kappa shape index (κ1) is 17.5. The lowest BCUT2D eigenvalue weighted by Crippen LogP contribution is -2.48. The molecule has 4 saturated carbocycles. The standard InChI is InChI=1S/C20H25BrN2OS/c1-12-4-16(2-3-17(12)21)22-19(25)23-18(24)11-20-8-13-5-14(9-20)7-15(6-13)10-20/h2-4,13-15H,5-11H2,1H3,(H2,22,23,24,25). The number of hydrogen-bond donors (Lipinski definition) is 2. The van der Waals surface area contributed by atoms with Gasteiger partial charge in [-0.05, 0) is 105 Å². The summed E-state index contributed by atoms with van der Waals surface area (Å²) in [7, 11) is 0. The maximum atomic E-state index is 12.6. The predicted octanol–water partition coefficient (Wildman–Crippen LogP) is 5.18. The molecule has 0 atom stereocenters. The molecule has 0 aromatic heterocycles. The minimum absolute atomic E-state index is 0.0771. The third-order valence-corrected chi connectivity index (χ3v) is 7.46. The monoisotopic (exact) mass is 420 g/mol. The molecule has 5 rings (SSSR count). The molecule has 1 amide bonds. The highest BCUT2D eigenvalue weighted by Gasteiger charge is 2.51. The normalized spacial score (nSPS) is 32.5. The van der Waals surface area contributed by atoms with Gasteiger partial charge >= 0.3 is 0 Å². The molecular weight excluding hydrogens is 396 g/mol. The van der Waals surface area contributed by atoms with Crippen LogP contribution in [-0.4, -0.2) is 11.0 Å². The molecule has 1 aromatic carbocycles. The second kappa shape index (κ2) is 6.66. The van der Waals surface area contributed by atoms with Crippen LogP contribution in [0.5, 0.6) is 0 Å². The second-order valence-electron chi connectivity index (χ2n) is 8.56. The van der Waals surface area contributed by atoms with Crippen molar-refractivity contribution in [2.45, 2.75) is 51.9 Å². The second-order valence-corrected chi connectivity index (χ2v) is 9.82. The molecule has 4 aliphatic rings. The third kappa shape index (κ3) is 3.77. The number of benzene rings is 1. The summed E-state index contributed by atoms with van der Waals surface area (Å²) in [5, 5.41) is 6.43. The highest BCUT2D eigenvalue weighted by molar-refractivity contribution is 9.10. The van der Waals surface area contributed by atoms with Crippen LogP contribution in [0.3, 0.4) is 0 Å². The van der Waals surface area contributed by atoms with Crippen LogP contribution in [0.4, 0.5) is 5.69 Å². The van der Waals surface area contributed by atoms with Crippen LogP contribution in [0, 0.1) is 30.1 Å². The fourth-order valence-electron chi connectivity index (χ4n) is 5.90. The summed E-state index contributed by atoms with van der Waals surface area (Å²) in [6.07, 6.45) is 8.60. The van der Waals surface area contributed by atoms with Crippen molar-refractivity contribution in [2.75, 3.05) is 5.32 Å². The van der Waals surface area contributed by atoms with E-state index in [-0.39, 0.29) is 11.3 Å². The van der Waals surface area contributed by atoms with E-state index in [1.54, 1.807) is 0 Å². The van der Waals surface area contributed by atoms with Crippen LogP contribution in [0.1, 0.15) is 50.5 Å². The maximum Gasteiger partial charge on any atom is 0.226 e. The average Bonchev–Trinajstić information content (AvgIpc) is 2.48. The minimum atomic E-state index is 0.0771. The number of aryl methyl sites for hydroxylation is 1. The zero-order chi connectivity index (χ0) is 17.6. The van der Waals surface area contributed by atoms with Gasteiger partial charge in [0.25, 0.3) is 0 Å². The van der Waals surface area contributed by atoms with E-state index in [1.807, 2.05) is 25.1 Å². The summed E-state index contributed by atoms with van der Waals surface area (Å²) in [5.41, 5.74) is 2.29. The molecule has 0 spiro atoms. The van der Waals surface area contributed by atoms with E-state index in [9.17, 15) is 4.79 Å². The Kier molecular flexibility index (Phi) is 4.65. The van der Waals surface area contributed by atoms with E-state index in [0.29, 0.717) is 11.5 Å². The first-order valence-electron chi connectivity index (χ1n) is 9.28. The van der Waals surface area contributed by atoms with Crippen molar-refractivity contribution in [2.24, 2.45) is 23.2 Å². The van der Waals surface area contributed by atoms with Gasteiger partial charge in [0.2, 0.25) is 5.91 Å². The topological polar surface area (TPSA) is 41.1 Å². The first-order valence-corrected chi connectivity index (χ1v) is 10.5. The Labute approximate surface area is 163 Å². The van der Waals surface area contributed by atoms with Gasteiger partial charge in [-0.15, -0.1) is 0 Å². The van der Waals surface area contributed by atoms with Gasteiger partial charge in [0.1, 0.15) is 0 Å². The predicted molar refractivity (Wildman–Crippen MR) is 108 cm³/mol. The van der Waals surface area contributed by atoms with Crippen LogP contribution in [0.25, 0.3) is 0 Å². The molecule has 0 aliphatic heterocycles. The summed E-state index contributed by atoms with van der Waals surface area (Å²) < 4.78 is 1.06. The number of halogens is 1. The van der Waals surface area contributed by atoms with E-state index in [4.69, 9.17) is 12.2 Å². The molecule has 5 heteroatoms. The number of carbonyl (C=O) groups is 1. The molecule has 4 aliphatic carbocycles. The fourth-order valence-corrected chi connectivity index (χ4v) is 6.38. The van der Waals surface area contributed by atoms with Crippen LogP contribution < -0.4 is 10.6 Å². The van der Waals surface area contributed by atoms with E-state index < -0.39 is 0 Å². The summed E-state index contributed by atoms with van der Waals surface area (Å²) >= 11 is 8.84. The molecule has 3 nitrogen and oxygen atoms in total. The Balaban J connectivity index is 1.34. The SMILES string of the molecule is Cc1cc(NC(=S)NC(=O)CC23CC4CC(CC(C4)C2)C3)ccc1Br. The molecule has 25 heavy (non-hydrogen) atoms. The summed E-state index contributed by atoms with van der Waals surface area (Å²) in [6.45, 7) is 2.03. The van der Waals surface area contributed by atoms with E-state index in [2.05, 4.69) is 26.6 Å². The molecule has 4 bridgehead atoms. The van der Waals surface area contributed by atoms with Gasteiger partial charge in [0.15, 0.2) is 5.11 Å². The Morgan fingerprint density at radius 1 is 1.20 bits per heavy atom. The van der Waals surface area contributed by atoms with Gasteiger partial charge in [-0.1, -0.05) is 15.9 Å². The summed E-state index contributed by atoms with van der Waals surface area (Å²) in [5.74, 6) is 2.69. The van der Waals surface area contributed by atoms with Crippen molar-refractivity contribution in [1.29, 1.82) is 0 Å². The summed E-state index contributed by atoms with van der Waals surface area (Å²) in [6, 6.07) is 5.95. The molecule has 134 valence electrons. The molecule has 0 radical (unpaired) electrons. The zero-order valence-corrected chi connectivity index (χ0v) is 17.0. The lowest BCUT2D eigenvalue weighted by atomic mass is 9.49. The smallest absolute Gasteiger partial charge is 0.226 e. The molecule has 0 unspecified atom stereocenters. The van der Waals surface area contributed by atoms with Crippen LogP contribution in [-0.2, 0) is 4.79 Å². The lowest BCUT2D eigenvalue weighted by Gasteiger charge is -2.56. The van der Waals surface area contributed by atoms with Crippen molar-refractivity contribution in [3.63, 3.8) is 0 Å². The lowest BCUT2D eigenvalue weighted by molar-refractivity contribution is -0.127. The molecule has 0 saturated heterocycles. The number of carbonyl (C=O) groups excluding carboxylic acids is 1. The molecule has 1 aromatic rings. The molecular formula is C20H25BrN2OS. The molecule has 0 heterocycles. The van der Waals surface area contributed by atoms with Gasteiger partial charge in [-0.2, -0.15) is 0 Å². The van der Waals surface area contributed by atoms with Gasteiger partial charge < -0.3 is 10.6 Å². The number of anilines is 1. The number of rotatable bonds is 3. The molecule has 2 N–H and O–H groups in total. The quantitative estimate of drug-likeness (QED) is 0.661.